The van der Waals surface area contributed by atoms with Crippen molar-refractivity contribution in [1.82, 2.24) is 15.1 Å². The highest BCUT2D eigenvalue weighted by molar-refractivity contribution is 8.00. The maximum Gasteiger partial charge on any atom is 0.240 e. The Labute approximate surface area is 223 Å². The van der Waals surface area contributed by atoms with Crippen LogP contribution in [0.2, 0.25) is 0 Å². The van der Waals surface area contributed by atoms with Gasteiger partial charge in [-0.1, -0.05) is 62.7 Å². The Hall–Kier alpha value is -3.10. The molecule has 0 saturated heterocycles. The molecule has 1 aromatic heterocycles. The van der Waals surface area contributed by atoms with E-state index >= 15 is 0 Å². The fraction of sp³-hybridized carbons (Fsp3) is 0.414. The molecule has 196 valence electrons. The molecule has 8 heteroatoms. The number of nitrogens with zero attached hydrogens (tertiary/aromatic N) is 3. The van der Waals surface area contributed by atoms with Gasteiger partial charge in [-0.2, -0.15) is 5.10 Å². The van der Waals surface area contributed by atoms with E-state index < -0.39 is 0 Å². The van der Waals surface area contributed by atoms with Crippen molar-refractivity contribution in [1.29, 1.82) is 0 Å². The molecular weight excluding hydrogens is 484 g/mol. The highest BCUT2D eigenvalue weighted by Crippen LogP contribution is 2.48. The van der Waals surface area contributed by atoms with Crippen molar-refractivity contribution < 1.29 is 14.3 Å². The summed E-state index contributed by atoms with van der Waals surface area (Å²) in [5.74, 6) is 0.580. The molecule has 0 fully saturated rings. The van der Waals surface area contributed by atoms with Gasteiger partial charge in [0.15, 0.2) is 0 Å². The minimum Gasteiger partial charge on any atom is -0.383 e. The van der Waals surface area contributed by atoms with Crippen LogP contribution in [-0.4, -0.2) is 54.2 Å². The van der Waals surface area contributed by atoms with Crippen molar-refractivity contribution in [3.8, 4) is 5.69 Å². The Morgan fingerprint density at radius 3 is 2.49 bits per heavy atom. The number of benzene rings is 2. The van der Waals surface area contributed by atoms with Gasteiger partial charge in [0.05, 0.1) is 29.0 Å². The first-order chi connectivity index (χ1) is 17.6. The number of aryl methyl sites for hydroxylation is 2. The number of nitrogens with one attached hydrogen (secondary N) is 1. The number of ether oxygens (including phenoxy) is 1. The predicted molar refractivity (Wildman–Crippen MR) is 150 cm³/mol. The SMILES string of the molecule is COCCNC(=O)CN1C(=O)CS[C@@H](c2cccc(C)c2)c2c(C(C)(C)C)nn(-c3cccc(C)c3)c21. The molecule has 1 aliphatic rings. The zero-order valence-electron chi connectivity index (χ0n) is 22.5. The van der Waals surface area contributed by atoms with Crippen molar-refractivity contribution in [3.63, 3.8) is 0 Å². The lowest BCUT2D eigenvalue weighted by Gasteiger charge is -2.24. The van der Waals surface area contributed by atoms with Crippen molar-refractivity contribution >= 4 is 29.4 Å². The molecule has 1 N–H and O–H groups in total. The Balaban J connectivity index is 1.96. The fourth-order valence-corrected chi connectivity index (χ4v) is 5.79. The van der Waals surface area contributed by atoms with Crippen molar-refractivity contribution in [2.75, 3.05) is 37.5 Å². The summed E-state index contributed by atoms with van der Waals surface area (Å²) < 4.78 is 6.93. The molecule has 4 rings (SSSR count). The number of hydrogen-bond acceptors (Lipinski definition) is 5. The first kappa shape index (κ1) is 26.9. The summed E-state index contributed by atoms with van der Waals surface area (Å²) in [7, 11) is 1.59. The molecular formula is C29H36N4O3S. The number of hydrogen-bond donors (Lipinski definition) is 1. The topological polar surface area (TPSA) is 76.5 Å². The van der Waals surface area contributed by atoms with Crippen LogP contribution in [0.5, 0.6) is 0 Å². The van der Waals surface area contributed by atoms with Gasteiger partial charge >= 0.3 is 0 Å². The number of aromatic nitrogens is 2. The van der Waals surface area contributed by atoms with Crippen LogP contribution in [-0.2, 0) is 19.7 Å². The second-order valence-corrected chi connectivity index (χ2v) is 11.6. The largest absolute Gasteiger partial charge is 0.383 e. The summed E-state index contributed by atoms with van der Waals surface area (Å²) in [5, 5.41) is 7.90. The van der Waals surface area contributed by atoms with E-state index in [2.05, 4.69) is 63.3 Å². The third-order valence-corrected chi connectivity index (χ3v) is 7.58. The Kier molecular flexibility index (Phi) is 8.09. The number of fused-ring (bicyclic) bond motifs is 1. The molecule has 0 bridgehead atoms. The number of methoxy groups -OCH3 is 1. The van der Waals surface area contributed by atoms with E-state index in [-0.39, 0.29) is 34.8 Å². The smallest absolute Gasteiger partial charge is 0.240 e. The average Bonchev–Trinajstić information content (AvgIpc) is 3.17. The molecule has 0 saturated carbocycles. The second-order valence-electron chi connectivity index (χ2n) is 10.5. The van der Waals surface area contributed by atoms with Gasteiger partial charge < -0.3 is 10.1 Å². The average molecular weight is 521 g/mol. The zero-order chi connectivity index (χ0) is 26.7. The summed E-state index contributed by atoms with van der Waals surface area (Å²) in [6.45, 7) is 11.2. The summed E-state index contributed by atoms with van der Waals surface area (Å²) in [6, 6.07) is 16.5. The molecule has 0 radical (unpaired) electrons. The van der Waals surface area contributed by atoms with Crippen LogP contribution >= 0.6 is 11.8 Å². The molecule has 37 heavy (non-hydrogen) atoms. The maximum atomic E-state index is 13.7. The lowest BCUT2D eigenvalue weighted by molar-refractivity contribution is -0.123. The van der Waals surface area contributed by atoms with Gasteiger partial charge in [-0.05, 0) is 37.1 Å². The molecule has 0 unspecified atom stereocenters. The Morgan fingerprint density at radius 1 is 1.14 bits per heavy atom. The molecule has 7 nitrogen and oxygen atoms in total. The maximum absolute atomic E-state index is 13.7. The third-order valence-electron chi connectivity index (χ3n) is 6.32. The normalized spacial score (nSPS) is 15.9. The van der Waals surface area contributed by atoms with Crippen molar-refractivity contribution in [2.24, 2.45) is 0 Å². The van der Waals surface area contributed by atoms with Crippen molar-refractivity contribution in [3.05, 3.63) is 76.5 Å². The van der Waals surface area contributed by atoms with Crippen molar-refractivity contribution in [2.45, 2.75) is 45.3 Å². The number of thioether (sulfide) groups is 1. The summed E-state index contributed by atoms with van der Waals surface area (Å²) in [6.07, 6.45) is 0. The molecule has 1 atom stereocenters. The fourth-order valence-electron chi connectivity index (χ4n) is 4.60. The molecule has 0 spiro atoms. The first-order valence-corrected chi connectivity index (χ1v) is 13.6. The number of carbonyl (C=O) groups is 2. The Bertz CT molecular complexity index is 1290. The lowest BCUT2D eigenvalue weighted by atomic mass is 9.87. The number of amides is 2. The van der Waals surface area contributed by atoms with Crippen LogP contribution in [0.3, 0.4) is 0 Å². The summed E-state index contributed by atoms with van der Waals surface area (Å²) >= 11 is 1.59. The monoisotopic (exact) mass is 520 g/mol. The minimum atomic E-state index is -0.290. The van der Waals surface area contributed by atoms with Crippen LogP contribution in [0.15, 0.2) is 48.5 Å². The van der Waals surface area contributed by atoms with Gasteiger partial charge in [0, 0.05) is 24.6 Å². The quantitative estimate of drug-likeness (QED) is 0.457. The van der Waals surface area contributed by atoms with Crippen LogP contribution in [0.4, 0.5) is 5.82 Å². The predicted octanol–water partition coefficient (Wildman–Crippen LogP) is 4.72. The Morgan fingerprint density at radius 2 is 1.84 bits per heavy atom. The highest BCUT2D eigenvalue weighted by Gasteiger charge is 2.39. The second kappa shape index (κ2) is 11.1. The van der Waals surface area contributed by atoms with E-state index in [1.54, 1.807) is 23.8 Å². The van der Waals surface area contributed by atoms with E-state index in [0.717, 1.165) is 33.6 Å². The van der Waals surface area contributed by atoms with Gasteiger partial charge in [-0.3, -0.25) is 14.5 Å². The molecule has 2 heterocycles. The third kappa shape index (κ3) is 5.91. The van der Waals surface area contributed by atoms with Crippen LogP contribution in [0, 0.1) is 13.8 Å². The number of carbonyl (C=O) groups excluding carboxylic acids is 2. The molecule has 2 aromatic carbocycles. The molecule has 2 amide bonds. The molecule has 3 aromatic rings. The first-order valence-electron chi connectivity index (χ1n) is 12.5. The highest BCUT2D eigenvalue weighted by atomic mass is 32.2. The van der Waals surface area contributed by atoms with Crippen LogP contribution < -0.4 is 10.2 Å². The van der Waals surface area contributed by atoms with Gasteiger partial charge in [0.1, 0.15) is 12.4 Å². The van der Waals surface area contributed by atoms with Gasteiger partial charge in [0.25, 0.3) is 0 Å². The van der Waals surface area contributed by atoms with E-state index in [0.29, 0.717) is 19.0 Å². The summed E-state index contributed by atoms with van der Waals surface area (Å²) in [5.41, 5.74) is 5.85. The van der Waals surface area contributed by atoms with E-state index in [1.165, 1.54) is 0 Å². The standard InChI is InChI=1S/C29H36N4O3S/c1-19-9-7-11-21(15-19)26-25-27(29(3,4)5)31-33(22-12-8-10-20(2)16-22)28(25)32(24(35)18-37-26)17-23(34)30-13-14-36-6/h7-12,15-16,26H,13-14,17-18H2,1-6H3,(H,30,34)/t26-/m0/s1. The lowest BCUT2D eigenvalue weighted by Crippen LogP contribution is -2.43. The van der Waals surface area contributed by atoms with Gasteiger partial charge in [-0.15, -0.1) is 11.8 Å². The summed E-state index contributed by atoms with van der Waals surface area (Å²) in [4.78, 5) is 28.2. The zero-order valence-corrected chi connectivity index (χ0v) is 23.3. The van der Waals surface area contributed by atoms with Gasteiger partial charge in [0.2, 0.25) is 11.8 Å². The van der Waals surface area contributed by atoms with Crippen LogP contribution in [0.1, 0.15) is 54.0 Å². The minimum absolute atomic E-state index is 0.0856. The molecule has 0 aliphatic carbocycles. The van der Waals surface area contributed by atoms with E-state index in [9.17, 15) is 9.59 Å². The molecule has 1 aliphatic heterocycles. The number of anilines is 1. The van der Waals surface area contributed by atoms with Crippen LogP contribution in [0.25, 0.3) is 5.69 Å². The van der Waals surface area contributed by atoms with E-state index in [4.69, 9.17) is 9.84 Å². The van der Waals surface area contributed by atoms with E-state index in [1.807, 2.05) is 29.8 Å². The van der Waals surface area contributed by atoms with Gasteiger partial charge in [-0.25, -0.2) is 4.68 Å². The number of rotatable bonds is 7.